The Morgan fingerprint density at radius 3 is 2.46 bits per heavy atom. The van der Waals surface area contributed by atoms with Gasteiger partial charge in [0.15, 0.2) is 0 Å². The van der Waals surface area contributed by atoms with Gasteiger partial charge in [-0.1, -0.05) is 42.5 Å². The van der Waals surface area contributed by atoms with Crippen LogP contribution in [0.1, 0.15) is 15.9 Å². The van der Waals surface area contributed by atoms with E-state index in [1.54, 1.807) is 19.2 Å². The number of amides is 2. The van der Waals surface area contributed by atoms with Gasteiger partial charge in [-0.2, -0.15) is 0 Å². The Labute approximate surface area is 139 Å². The van der Waals surface area contributed by atoms with Crippen LogP contribution >= 0.6 is 0 Å². The van der Waals surface area contributed by atoms with Gasteiger partial charge in [-0.25, -0.2) is 4.79 Å². The van der Waals surface area contributed by atoms with Crippen LogP contribution in [0, 0.1) is 0 Å². The maximum absolute atomic E-state index is 11.8. The summed E-state index contributed by atoms with van der Waals surface area (Å²) in [6.07, 6.45) is -0.427. The quantitative estimate of drug-likeness (QED) is 0.798. The SMILES string of the molecule is CN(Cc1cccc(-c2ccc(C=O)cc2)c1)C(=O)CNC(=O)O. The molecule has 0 atom stereocenters. The Bertz CT molecular complexity index is 741. The molecule has 0 aliphatic heterocycles. The van der Waals surface area contributed by atoms with E-state index in [-0.39, 0.29) is 12.5 Å². The minimum Gasteiger partial charge on any atom is -0.465 e. The zero-order valence-corrected chi connectivity index (χ0v) is 13.2. The first-order valence-corrected chi connectivity index (χ1v) is 7.35. The Morgan fingerprint density at radius 1 is 1.12 bits per heavy atom. The number of nitrogens with one attached hydrogen (secondary N) is 1. The number of hydrogen-bond donors (Lipinski definition) is 2. The summed E-state index contributed by atoms with van der Waals surface area (Å²) in [4.78, 5) is 34.4. The molecule has 24 heavy (non-hydrogen) atoms. The zero-order chi connectivity index (χ0) is 17.5. The molecule has 2 aromatic carbocycles. The highest BCUT2D eigenvalue weighted by Gasteiger charge is 2.10. The molecule has 0 aromatic heterocycles. The van der Waals surface area contributed by atoms with Gasteiger partial charge in [0.1, 0.15) is 12.8 Å². The van der Waals surface area contributed by atoms with Crippen LogP contribution in [0.25, 0.3) is 11.1 Å². The summed E-state index contributed by atoms with van der Waals surface area (Å²) >= 11 is 0. The Morgan fingerprint density at radius 2 is 1.83 bits per heavy atom. The van der Waals surface area contributed by atoms with Gasteiger partial charge >= 0.3 is 6.09 Å². The fraction of sp³-hybridized carbons (Fsp3) is 0.167. The molecule has 0 radical (unpaired) electrons. The van der Waals surface area contributed by atoms with Gasteiger partial charge in [0.2, 0.25) is 5.91 Å². The number of rotatable bonds is 6. The summed E-state index contributed by atoms with van der Waals surface area (Å²) in [5.41, 5.74) is 3.50. The molecule has 124 valence electrons. The molecular formula is C18H18N2O4. The smallest absolute Gasteiger partial charge is 0.405 e. The number of likely N-dealkylation sites (N-methyl/N-ethyl adjacent to an activating group) is 1. The van der Waals surface area contributed by atoms with Gasteiger partial charge in [-0.05, 0) is 22.8 Å². The van der Waals surface area contributed by atoms with Crippen molar-refractivity contribution in [1.82, 2.24) is 10.2 Å². The van der Waals surface area contributed by atoms with E-state index in [1.165, 1.54) is 4.90 Å². The first-order chi connectivity index (χ1) is 11.5. The molecule has 0 heterocycles. The van der Waals surface area contributed by atoms with Gasteiger partial charge in [0, 0.05) is 19.2 Å². The monoisotopic (exact) mass is 326 g/mol. The molecule has 6 heteroatoms. The average molecular weight is 326 g/mol. The molecule has 6 nitrogen and oxygen atoms in total. The predicted molar refractivity (Wildman–Crippen MR) is 89.8 cm³/mol. The second-order valence-electron chi connectivity index (χ2n) is 5.35. The number of carbonyl (C=O) groups excluding carboxylic acids is 2. The van der Waals surface area contributed by atoms with Crippen molar-refractivity contribution in [3.8, 4) is 11.1 Å². The van der Waals surface area contributed by atoms with Crippen molar-refractivity contribution in [1.29, 1.82) is 0 Å². The van der Waals surface area contributed by atoms with E-state index in [0.717, 1.165) is 23.0 Å². The molecule has 2 rings (SSSR count). The van der Waals surface area contributed by atoms with E-state index in [1.807, 2.05) is 36.4 Å². The maximum atomic E-state index is 11.8. The zero-order valence-electron chi connectivity index (χ0n) is 13.2. The minimum atomic E-state index is -1.22. The third-order valence-electron chi connectivity index (χ3n) is 3.54. The van der Waals surface area contributed by atoms with E-state index in [0.29, 0.717) is 12.1 Å². The topological polar surface area (TPSA) is 86.7 Å². The van der Waals surface area contributed by atoms with E-state index in [2.05, 4.69) is 5.32 Å². The van der Waals surface area contributed by atoms with E-state index in [4.69, 9.17) is 5.11 Å². The first-order valence-electron chi connectivity index (χ1n) is 7.35. The van der Waals surface area contributed by atoms with E-state index >= 15 is 0 Å². The molecule has 0 aliphatic rings. The van der Waals surface area contributed by atoms with Crippen molar-refractivity contribution in [3.05, 3.63) is 59.7 Å². The minimum absolute atomic E-state index is 0.251. The summed E-state index contributed by atoms with van der Waals surface area (Å²) < 4.78 is 0. The number of nitrogens with zero attached hydrogens (tertiary/aromatic N) is 1. The van der Waals surface area contributed by atoms with Crippen LogP contribution in [0.4, 0.5) is 4.79 Å². The van der Waals surface area contributed by atoms with Crippen LogP contribution in [-0.4, -0.2) is 41.9 Å². The lowest BCUT2D eigenvalue weighted by atomic mass is 10.0. The Hall–Kier alpha value is -3.15. The van der Waals surface area contributed by atoms with Gasteiger partial charge in [-0.15, -0.1) is 0 Å². The molecule has 0 aliphatic carbocycles. The van der Waals surface area contributed by atoms with Crippen LogP contribution in [-0.2, 0) is 11.3 Å². The summed E-state index contributed by atoms with van der Waals surface area (Å²) in [5, 5.41) is 10.6. The number of hydrogen-bond acceptors (Lipinski definition) is 3. The lowest BCUT2D eigenvalue weighted by Gasteiger charge is -2.17. The standard InChI is InChI=1S/C18H18N2O4/c1-20(17(22)10-19-18(23)24)11-14-3-2-4-16(9-14)15-7-5-13(12-21)6-8-15/h2-9,12,19H,10-11H2,1H3,(H,23,24). The molecule has 2 amide bonds. The maximum Gasteiger partial charge on any atom is 0.405 e. The highest BCUT2D eigenvalue weighted by molar-refractivity contribution is 5.81. The molecular weight excluding hydrogens is 308 g/mol. The van der Waals surface area contributed by atoms with Crippen LogP contribution in [0.5, 0.6) is 0 Å². The summed E-state index contributed by atoms with van der Waals surface area (Å²) in [6.45, 7) is 0.124. The van der Waals surface area contributed by atoms with Crippen molar-refractivity contribution in [3.63, 3.8) is 0 Å². The van der Waals surface area contributed by atoms with Gasteiger partial charge in [-0.3, -0.25) is 9.59 Å². The number of carboxylic acid groups (broad SMARTS) is 1. The Kier molecular flexibility index (Phi) is 5.68. The van der Waals surface area contributed by atoms with Crippen molar-refractivity contribution < 1.29 is 19.5 Å². The molecule has 0 saturated carbocycles. The van der Waals surface area contributed by atoms with E-state index < -0.39 is 6.09 Å². The van der Waals surface area contributed by atoms with Gasteiger partial charge in [0.25, 0.3) is 0 Å². The number of benzene rings is 2. The molecule has 0 unspecified atom stereocenters. The normalized spacial score (nSPS) is 10.0. The Balaban J connectivity index is 2.07. The third kappa shape index (κ3) is 4.67. The lowest BCUT2D eigenvalue weighted by molar-refractivity contribution is -0.129. The van der Waals surface area contributed by atoms with Crippen LogP contribution < -0.4 is 5.32 Å². The highest BCUT2D eigenvalue weighted by Crippen LogP contribution is 2.21. The number of aldehydes is 1. The summed E-state index contributed by atoms with van der Waals surface area (Å²) in [6, 6.07) is 15.0. The fourth-order valence-electron chi connectivity index (χ4n) is 2.25. The molecule has 2 aromatic rings. The van der Waals surface area contributed by atoms with Crippen molar-refractivity contribution in [2.45, 2.75) is 6.54 Å². The van der Waals surface area contributed by atoms with Gasteiger partial charge in [0.05, 0.1) is 0 Å². The first kappa shape index (κ1) is 17.2. The molecule has 0 saturated heterocycles. The van der Waals surface area contributed by atoms with E-state index in [9.17, 15) is 14.4 Å². The lowest BCUT2D eigenvalue weighted by Crippen LogP contribution is -2.37. The van der Waals surface area contributed by atoms with Crippen molar-refractivity contribution >= 4 is 18.3 Å². The largest absolute Gasteiger partial charge is 0.465 e. The second kappa shape index (κ2) is 7.92. The molecule has 0 bridgehead atoms. The third-order valence-corrected chi connectivity index (χ3v) is 3.54. The summed E-state index contributed by atoms with van der Waals surface area (Å²) in [7, 11) is 1.62. The predicted octanol–water partition coefficient (Wildman–Crippen LogP) is 2.39. The van der Waals surface area contributed by atoms with Crippen LogP contribution in [0.15, 0.2) is 48.5 Å². The number of carbonyl (C=O) groups is 3. The average Bonchev–Trinajstić information content (AvgIpc) is 2.59. The molecule has 0 spiro atoms. The molecule has 2 N–H and O–H groups in total. The van der Waals surface area contributed by atoms with Crippen LogP contribution in [0.3, 0.4) is 0 Å². The van der Waals surface area contributed by atoms with Gasteiger partial charge < -0.3 is 15.3 Å². The fourth-order valence-corrected chi connectivity index (χ4v) is 2.25. The summed E-state index contributed by atoms with van der Waals surface area (Å²) in [5.74, 6) is -0.307. The van der Waals surface area contributed by atoms with Crippen molar-refractivity contribution in [2.75, 3.05) is 13.6 Å². The van der Waals surface area contributed by atoms with Crippen molar-refractivity contribution in [2.24, 2.45) is 0 Å². The highest BCUT2D eigenvalue weighted by atomic mass is 16.4. The molecule has 0 fully saturated rings. The van der Waals surface area contributed by atoms with Crippen LogP contribution in [0.2, 0.25) is 0 Å². The second-order valence-corrected chi connectivity index (χ2v) is 5.35.